The minimum Gasteiger partial charge on any atom is -0.469 e. The highest BCUT2D eigenvalue weighted by molar-refractivity contribution is 6.30. The standard InChI is InChI=1S/C14H17ClFNO3/c1-20-13(18)5-3-2-4-8-17-14(19)11-7-6-10(15)9-12(11)16/h6-7,9H,2-5,8H2,1H3,(H,17,19). The first-order valence-corrected chi connectivity index (χ1v) is 6.72. The van der Waals surface area contributed by atoms with Crippen LogP contribution < -0.4 is 5.32 Å². The maximum Gasteiger partial charge on any atom is 0.305 e. The van der Waals surface area contributed by atoms with Gasteiger partial charge in [-0.15, -0.1) is 0 Å². The molecule has 1 N–H and O–H groups in total. The maximum atomic E-state index is 13.5. The Labute approximate surface area is 122 Å². The topological polar surface area (TPSA) is 55.4 Å². The summed E-state index contributed by atoms with van der Waals surface area (Å²) in [4.78, 5) is 22.6. The first-order valence-electron chi connectivity index (χ1n) is 6.34. The average Bonchev–Trinajstić information content (AvgIpc) is 2.42. The van der Waals surface area contributed by atoms with Gasteiger partial charge in [0.1, 0.15) is 5.82 Å². The van der Waals surface area contributed by atoms with Crippen LogP contribution in [0.1, 0.15) is 36.0 Å². The van der Waals surface area contributed by atoms with Gasteiger partial charge in [0.05, 0.1) is 12.7 Å². The molecular weight excluding hydrogens is 285 g/mol. The number of hydrogen-bond acceptors (Lipinski definition) is 3. The third kappa shape index (κ3) is 5.57. The fourth-order valence-electron chi connectivity index (χ4n) is 1.64. The van der Waals surface area contributed by atoms with E-state index in [4.69, 9.17) is 11.6 Å². The van der Waals surface area contributed by atoms with Crippen LogP contribution in [-0.4, -0.2) is 25.5 Å². The molecule has 0 aliphatic heterocycles. The fraction of sp³-hybridized carbons (Fsp3) is 0.429. The summed E-state index contributed by atoms with van der Waals surface area (Å²) in [6.07, 6.45) is 2.59. The molecule has 0 bridgehead atoms. The number of rotatable bonds is 7. The summed E-state index contributed by atoms with van der Waals surface area (Å²) < 4.78 is 18.0. The Balaban J connectivity index is 2.25. The summed E-state index contributed by atoms with van der Waals surface area (Å²) in [6, 6.07) is 3.92. The molecule has 0 unspecified atom stereocenters. The van der Waals surface area contributed by atoms with Crippen molar-refractivity contribution in [1.29, 1.82) is 0 Å². The van der Waals surface area contributed by atoms with Crippen molar-refractivity contribution >= 4 is 23.5 Å². The van der Waals surface area contributed by atoms with Gasteiger partial charge in [-0.25, -0.2) is 4.39 Å². The molecule has 0 aliphatic rings. The second-order valence-corrected chi connectivity index (χ2v) is 4.70. The van der Waals surface area contributed by atoms with E-state index in [0.29, 0.717) is 19.4 Å². The first-order chi connectivity index (χ1) is 9.54. The molecule has 0 atom stereocenters. The van der Waals surface area contributed by atoms with Gasteiger partial charge in [-0.3, -0.25) is 9.59 Å². The molecule has 0 aromatic heterocycles. The summed E-state index contributed by atoms with van der Waals surface area (Å²) >= 11 is 5.61. The molecule has 1 aromatic carbocycles. The van der Waals surface area contributed by atoms with Crippen LogP contribution in [0.5, 0.6) is 0 Å². The van der Waals surface area contributed by atoms with Crippen LogP contribution in [0.15, 0.2) is 18.2 Å². The van der Waals surface area contributed by atoms with E-state index in [-0.39, 0.29) is 16.6 Å². The lowest BCUT2D eigenvalue weighted by atomic mass is 10.1. The van der Waals surface area contributed by atoms with Crippen LogP contribution in [-0.2, 0) is 9.53 Å². The van der Waals surface area contributed by atoms with Crippen molar-refractivity contribution in [3.8, 4) is 0 Å². The van der Waals surface area contributed by atoms with Crippen molar-refractivity contribution in [2.24, 2.45) is 0 Å². The fourth-order valence-corrected chi connectivity index (χ4v) is 1.80. The van der Waals surface area contributed by atoms with Gasteiger partial charge >= 0.3 is 5.97 Å². The Bertz CT molecular complexity index is 479. The van der Waals surface area contributed by atoms with E-state index in [1.165, 1.54) is 19.2 Å². The van der Waals surface area contributed by atoms with Crippen LogP contribution in [0, 0.1) is 5.82 Å². The van der Waals surface area contributed by atoms with E-state index in [9.17, 15) is 14.0 Å². The van der Waals surface area contributed by atoms with Gasteiger partial charge in [-0.1, -0.05) is 18.0 Å². The highest BCUT2D eigenvalue weighted by Crippen LogP contribution is 2.14. The zero-order valence-electron chi connectivity index (χ0n) is 11.2. The molecule has 0 heterocycles. The van der Waals surface area contributed by atoms with E-state index < -0.39 is 11.7 Å². The summed E-state index contributed by atoms with van der Waals surface area (Å²) in [5, 5.41) is 2.87. The predicted molar refractivity (Wildman–Crippen MR) is 74.2 cm³/mol. The number of halogens is 2. The molecule has 0 fully saturated rings. The highest BCUT2D eigenvalue weighted by Gasteiger charge is 2.11. The number of benzene rings is 1. The number of amides is 1. The lowest BCUT2D eigenvalue weighted by molar-refractivity contribution is -0.140. The smallest absolute Gasteiger partial charge is 0.305 e. The maximum absolute atomic E-state index is 13.5. The monoisotopic (exact) mass is 301 g/mol. The Kier molecular flexibility index (Phi) is 7.01. The number of nitrogens with one attached hydrogen (secondary N) is 1. The van der Waals surface area contributed by atoms with Crippen molar-refractivity contribution in [2.75, 3.05) is 13.7 Å². The molecule has 0 saturated heterocycles. The summed E-state index contributed by atoms with van der Waals surface area (Å²) in [5.74, 6) is -1.34. The van der Waals surface area contributed by atoms with Crippen LogP contribution in [0.2, 0.25) is 5.02 Å². The quantitative estimate of drug-likeness (QED) is 0.622. The number of ether oxygens (including phenoxy) is 1. The van der Waals surface area contributed by atoms with E-state index in [2.05, 4.69) is 10.1 Å². The van der Waals surface area contributed by atoms with Crippen molar-refractivity contribution in [3.63, 3.8) is 0 Å². The molecule has 0 saturated carbocycles. The van der Waals surface area contributed by atoms with Gasteiger partial charge < -0.3 is 10.1 Å². The van der Waals surface area contributed by atoms with E-state index >= 15 is 0 Å². The van der Waals surface area contributed by atoms with E-state index in [1.54, 1.807) is 0 Å². The van der Waals surface area contributed by atoms with Gasteiger partial charge in [0.2, 0.25) is 0 Å². The minimum atomic E-state index is -0.638. The molecule has 1 aromatic rings. The molecule has 0 radical (unpaired) electrons. The Morgan fingerprint density at radius 2 is 2.05 bits per heavy atom. The molecule has 1 rings (SSSR count). The highest BCUT2D eigenvalue weighted by atomic mass is 35.5. The van der Waals surface area contributed by atoms with Crippen molar-refractivity contribution < 1.29 is 18.7 Å². The third-order valence-corrected chi connectivity index (χ3v) is 2.98. The van der Waals surface area contributed by atoms with Crippen molar-refractivity contribution in [2.45, 2.75) is 25.7 Å². The minimum absolute atomic E-state index is 0.0241. The Hall–Kier alpha value is -1.62. The molecule has 6 heteroatoms. The van der Waals surface area contributed by atoms with Crippen molar-refractivity contribution in [3.05, 3.63) is 34.6 Å². The second kappa shape index (κ2) is 8.53. The lowest BCUT2D eigenvalue weighted by Gasteiger charge is -2.06. The number of esters is 1. The normalized spacial score (nSPS) is 10.2. The number of carbonyl (C=O) groups excluding carboxylic acids is 2. The molecule has 0 spiro atoms. The predicted octanol–water partition coefficient (Wildman–Crippen LogP) is 2.94. The van der Waals surface area contributed by atoms with Gasteiger partial charge in [-0.2, -0.15) is 0 Å². The lowest BCUT2D eigenvalue weighted by Crippen LogP contribution is -2.25. The third-order valence-electron chi connectivity index (χ3n) is 2.75. The van der Waals surface area contributed by atoms with Crippen LogP contribution in [0.3, 0.4) is 0 Å². The van der Waals surface area contributed by atoms with Crippen LogP contribution >= 0.6 is 11.6 Å². The summed E-state index contributed by atoms with van der Waals surface area (Å²) in [6.45, 7) is 0.433. The zero-order valence-corrected chi connectivity index (χ0v) is 12.0. The Morgan fingerprint density at radius 1 is 1.30 bits per heavy atom. The number of hydrogen-bond donors (Lipinski definition) is 1. The molecular formula is C14H17ClFNO3. The van der Waals surface area contributed by atoms with Gasteiger partial charge in [-0.05, 0) is 31.0 Å². The van der Waals surface area contributed by atoms with E-state index in [1.807, 2.05) is 0 Å². The SMILES string of the molecule is COC(=O)CCCCCNC(=O)c1ccc(Cl)cc1F. The molecule has 0 aliphatic carbocycles. The second-order valence-electron chi connectivity index (χ2n) is 4.27. The number of methoxy groups -OCH3 is 1. The summed E-state index contributed by atoms with van der Waals surface area (Å²) in [7, 11) is 1.35. The van der Waals surface area contributed by atoms with Crippen LogP contribution in [0.4, 0.5) is 4.39 Å². The molecule has 1 amide bonds. The van der Waals surface area contributed by atoms with Crippen LogP contribution in [0.25, 0.3) is 0 Å². The number of carbonyl (C=O) groups is 2. The molecule has 110 valence electrons. The number of unbranched alkanes of at least 4 members (excludes halogenated alkanes) is 2. The molecule has 4 nitrogen and oxygen atoms in total. The summed E-state index contributed by atoms with van der Waals surface area (Å²) in [5.41, 5.74) is -0.0241. The van der Waals surface area contributed by atoms with Gasteiger partial charge in [0.25, 0.3) is 5.91 Å². The Morgan fingerprint density at radius 3 is 2.70 bits per heavy atom. The van der Waals surface area contributed by atoms with Gasteiger partial charge in [0, 0.05) is 18.0 Å². The zero-order chi connectivity index (χ0) is 15.0. The van der Waals surface area contributed by atoms with Crippen molar-refractivity contribution in [1.82, 2.24) is 5.32 Å². The largest absolute Gasteiger partial charge is 0.469 e. The van der Waals surface area contributed by atoms with Gasteiger partial charge in [0.15, 0.2) is 0 Å². The first kappa shape index (κ1) is 16.4. The average molecular weight is 302 g/mol. The van der Waals surface area contributed by atoms with E-state index in [0.717, 1.165) is 18.9 Å². The molecule has 20 heavy (non-hydrogen) atoms.